The zero-order valence-electron chi connectivity index (χ0n) is 17.9. The van der Waals surface area contributed by atoms with Crippen LogP contribution in [0.15, 0.2) is 60.7 Å². The van der Waals surface area contributed by atoms with Gasteiger partial charge < -0.3 is 26.8 Å². The first kappa shape index (κ1) is 25.9. The highest BCUT2D eigenvalue weighted by molar-refractivity contribution is 7.80. The molecule has 0 spiro atoms. The van der Waals surface area contributed by atoms with Crippen molar-refractivity contribution in [3.63, 3.8) is 0 Å². The molecular formula is C23H28N4O5S. The SMILES string of the molecule is NCC(=O)NC(Cc1ccccc1)C(=O)NC(CS)C(=O)NC(Cc1ccccc1)C(=O)O. The topological polar surface area (TPSA) is 151 Å². The molecule has 0 saturated heterocycles. The van der Waals surface area contributed by atoms with Crippen LogP contribution >= 0.6 is 12.6 Å². The molecule has 2 rings (SSSR count). The summed E-state index contributed by atoms with van der Waals surface area (Å²) in [7, 11) is 0. The largest absolute Gasteiger partial charge is 0.480 e. The summed E-state index contributed by atoms with van der Waals surface area (Å²) in [5.74, 6) is -3.09. The van der Waals surface area contributed by atoms with Crippen molar-refractivity contribution >= 4 is 36.3 Å². The van der Waals surface area contributed by atoms with Crippen LogP contribution in [0.3, 0.4) is 0 Å². The van der Waals surface area contributed by atoms with E-state index in [1.807, 2.05) is 6.07 Å². The van der Waals surface area contributed by atoms with Crippen molar-refractivity contribution in [3.8, 4) is 0 Å². The molecule has 6 N–H and O–H groups in total. The fourth-order valence-corrected chi connectivity index (χ4v) is 3.36. The number of hydrogen-bond acceptors (Lipinski definition) is 6. The van der Waals surface area contributed by atoms with E-state index in [1.165, 1.54) is 0 Å². The Labute approximate surface area is 197 Å². The molecule has 0 bridgehead atoms. The summed E-state index contributed by atoms with van der Waals surface area (Å²) in [4.78, 5) is 49.1. The second-order valence-electron chi connectivity index (χ2n) is 7.35. The third-order valence-corrected chi connectivity index (χ3v) is 5.20. The van der Waals surface area contributed by atoms with Crippen molar-refractivity contribution in [1.82, 2.24) is 16.0 Å². The minimum atomic E-state index is -1.20. The molecule has 0 saturated carbocycles. The summed E-state index contributed by atoms with van der Waals surface area (Å²) in [6, 6.07) is 14.6. The Balaban J connectivity index is 2.07. The number of benzene rings is 2. The van der Waals surface area contributed by atoms with Gasteiger partial charge in [0.05, 0.1) is 6.54 Å². The van der Waals surface area contributed by atoms with Crippen molar-refractivity contribution in [2.45, 2.75) is 31.0 Å². The first-order valence-electron chi connectivity index (χ1n) is 10.4. The third-order valence-electron chi connectivity index (χ3n) is 4.83. The van der Waals surface area contributed by atoms with E-state index in [4.69, 9.17) is 5.73 Å². The van der Waals surface area contributed by atoms with E-state index < -0.39 is 41.8 Å². The van der Waals surface area contributed by atoms with Gasteiger partial charge in [0.1, 0.15) is 18.1 Å². The number of hydrogen-bond donors (Lipinski definition) is 6. The highest BCUT2D eigenvalue weighted by atomic mass is 32.1. The number of rotatable bonds is 12. The third kappa shape index (κ3) is 8.59. The minimum Gasteiger partial charge on any atom is -0.480 e. The van der Waals surface area contributed by atoms with Gasteiger partial charge >= 0.3 is 5.97 Å². The number of nitrogens with two attached hydrogens (primary N) is 1. The molecule has 0 fully saturated rings. The molecule has 3 amide bonds. The lowest BCUT2D eigenvalue weighted by atomic mass is 10.0. The normalized spacial score (nSPS) is 13.3. The molecule has 9 nitrogen and oxygen atoms in total. The first-order chi connectivity index (χ1) is 15.8. The van der Waals surface area contributed by atoms with Crippen LogP contribution in [0.2, 0.25) is 0 Å². The summed E-state index contributed by atoms with van der Waals surface area (Å²) in [6.45, 7) is -0.297. The maximum Gasteiger partial charge on any atom is 0.326 e. The molecule has 0 aliphatic rings. The Morgan fingerprint density at radius 3 is 1.67 bits per heavy atom. The molecule has 10 heteroatoms. The van der Waals surface area contributed by atoms with Crippen molar-refractivity contribution in [1.29, 1.82) is 0 Å². The maximum absolute atomic E-state index is 12.9. The van der Waals surface area contributed by atoms with Gasteiger partial charge in [0, 0.05) is 18.6 Å². The maximum atomic E-state index is 12.9. The predicted molar refractivity (Wildman–Crippen MR) is 127 cm³/mol. The van der Waals surface area contributed by atoms with Crippen LogP contribution in [-0.2, 0) is 32.0 Å². The Bertz CT molecular complexity index is 942. The number of carboxylic acids is 1. The van der Waals surface area contributed by atoms with Gasteiger partial charge in [-0.2, -0.15) is 12.6 Å². The van der Waals surface area contributed by atoms with Gasteiger partial charge in [-0.1, -0.05) is 60.7 Å². The highest BCUT2D eigenvalue weighted by Gasteiger charge is 2.29. The van der Waals surface area contributed by atoms with Gasteiger partial charge in [-0.3, -0.25) is 14.4 Å². The molecule has 33 heavy (non-hydrogen) atoms. The summed E-state index contributed by atoms with van der Waals surface area (Å²) in [5, 5.41) is 17.1. The fraction of sp³-hybridized carbons (Fsp3) is 0.304. The van der Waals surface area contributed by atoms with Gasteiger partial charge in [-0.15, -0.1) is 0 Å². The molecule has 3 unspecified atom stereocenters. The van der Waals surface area contributed by atoms with Crippen LogP contribution < -0.4 is 21.7 Å². The Morgan fingerprint density at radius 1 is 0.758 bits per heavy atom. The fourth-order valence-electron chi connectivity index (χ4n) is 3.10. The lowest BCUT2D eigenvalue weighted by Crippen LogP contribution is -2.57. The van der Waals surface area contributed by atoms with Crippen molar-refractivity contribution in [2.75, 3.05) is 12.3 Å². The van der Waals surface area contributed by atoms with Gasteiger partial charge in [-0.25, -0.2) is 4.79 Å². The molecule has 0 aromatic heterocycles. The summed E-state index contributed by atoms with van der Waals surface area (Å²) in [5.41, 5.74) is 6.90. The first-order valence-corrected chi connectivity index (χ1v) is 11.0. The lowest BCUT2D eigenvalue weighted by molar-refractivity contribution is -0.142. The molecule has 0 heterocycles. The molecule has 3 atom stereocenters. The number of aliphatic carboxylic acids is 1. The molecule has 0 aliphatic heterocycles. The van der Waals surface area contributed by atoms with Crippen LogP contribution in [0.1, 0.15) is 11.1 Å². The van der Waals surface area contributed by atoms with Crippen molar-refractivity contribution in [3.05, 3.63) is 71.8 Å². The smallest absolute Gasteiger partial charge is 0.326 e. The molecule has 2 aromatic carbocycles. The van der Waals surface area contributed by atoms with E-state index in [-0.39, 0.29) is 25.1 Å². The summed E-state index contributed by atoms with van der Waals surface area (Å²) >= 11 is 4.13. The van der Waals surface area contributed by atoms with E-state index in [0.29, 0.717) is 0 Å². The molecule has 176 valence electrons. The zero-order valence-corrected chi connectivity index (χ0v) is 18.8. The second kappa shape index (κ2) is 13.2. The Kier molecular flexibility index (Phi) is 10.4. The standard InChI is InChI=1S/C23H28N4O5S/c24-13-20(28)25-17(11-15-7-3-1-4-8-15)21(29)27-19(14-33)22(30)26-18(23(31)32)12-16-9-5-2-6-10-16/h1-10,17-19,33H,11-14,24H2,(H,25,28)(H,26,30)(H,27,29)(H,31,32). The number of nitrogens with one attached hydrogen (secondary N) is 3. The molecule has 2 aromatic rings. The van der Waals surface area contributed by atoms with Gasteiger partial charge in [0.25, 0.3) is 0 Å². The van der Waals surface area contributed by atoms with Crippen LogP contribution in [-0.4, -0.2) is 59.2 Å². The molecule has 0 radical (unpaired) electrons. The van der Waals surface area contributed by atoms with Crippen LogP contribution in [0.25, 0.3) is 0 Å². The number of amides is 3. The monoisotopic (exact) mass is 472 g/mol. The quantitative estimate of drug-likeness (QED) is 0.238. The van der Waals surface area contributed by atoms with Gasteiger partial charge in [0.15, 0.2) is 0 Å². The van der Waals surface area contributed by atoms with E-state index >= 15 is 0 Å². The number of carbonyl (C=O) groups excluding carboxylic acids is 3. The molecule has 0 aliphatic carbocycles. The molecular weight excluding hydrogens is 444 g/mol. The van der Waals surface area contributed by atoms with Crippen LogP contribution in [0.4, 0.5) is 0 Å². The van der Waals surface area contributed by atoms with Gasteiger partial charge in [-0.05, 0) is 11.1 Å². The Hall–Kier alpha value is -3.37. The summed E-state index contributed by atoms with van der Waals surface area (Å²) in [6.07, 6.45) is 0.267. The van der Waals surface area contributed by atoms with E-state index in [1.54, 1.807) is 54.6 Å². The summed E-state index contributed by atoms with van der Waals surface area (Å²) < 4.78 is 0. The van der Waals surface area contributed by atoms with Crippen molar-refractivity contribution < 1.29 is 24.3 Å². The van der Waals surface area contributed by atoms with E-state index in [2.05, 4.69) is 28.6 Å². The predicted octanol–water partition coefficient (Wildman–Crippen LogP) is -0.101. The van der Waals surface area contributed by atoms with Crippen molar-refractivity contribution in [2.24, 2.45) is 5.73 Å². The van der Waals surface area contributed by atoms with Crippen LogP contribution in [0, 0.1) is 0 Å². The number of carboxylic acid groups (broad SMARTS) is 1. The number of carbonyl (C=O) groups is 4. The average molecular weight is 473 g/mol. The zero-order chi connectivity index (χ0) is 24.2. The lowest BCUT2D eigenvalue weighted by Gasteiger charge is -2.23. The second-order valence-corrected chi connectivity index (χ2v) is 7.71. The van der Waals surface area contributed by atoms with E-state index in [0.717, 1.165) is 11.1 Å². The van der Waals surface area contributed by atoms with E-state index in [9.17, 15) is 24.3 Å². The minimum absolute atomic E-state index is 0.0713. The van der Waals surface area contributed by atoms with Gasteiger partial charge in [0.2, 0.25) is 17.7 Å². The average Bonchev–Trinajstić information content (AvgIpc) is 2.82. The Morgan fingerprint density at radius 2 is 1.21 bits per heavy atom. The highest BCUT2D eigenvalue weighted by Crippen LogP contribution is 2.06. The number of thiol groups is 1. The van der Waals surface area contributed by atoms with Crippen LogP contribution in [0.5, 0.6) is 0 Å².